The molecule has 0 saturated carbocycles. The Balaban J connectivity index is 2.36. The molecule has 0 bridgehead atoms. The molecule has 0 amide bonds. The number of carbonyl (C=O) groups is 1. The summed E-state index contributed by atoms with van der Waals surface area (Å²) < 4.78 is 10.2. The summed E-state index contributed by atoms with van der Waals surface area (Å²) in [5.74, 6) is 0.797. The minimum absolute atomic E-state index is 0.0506. The van der Waals surface area contributed by atoms with Crippen LogP contribution in [0, 0.1) is 11.3 Å². The number of para-hydroxylation sites is 1. The van der Waals surface area contributed by atoms with Gasteiger partial charge < -0.3 is 9.47 Å². The number of nitriles is 1. The number of benzene rings is 2. The van der Waals surface area contributed by atoms with Gasteiger partial charge >= 0.3 is 0 Å². The Morgan fingerprint density at radius 3 is 2.32 bits per heavy atom. The number of Topliss-reactive ketones (excluding diaryl/α,β-unsaturated/α-hetero) is 1. The van der Waals surface area contributed by atoms with Crippen molar-refractivity contribution in [1.29, 1.82) is 5.26 Å². The highest BCUT2D eigenvalue weighted by atomic mass is 16.5. The molecule has 4 nitrogen and oxygen atoms in total. The van der Waals surface area contributed by atoms with Crippen LogP contribution < -0.4 is 9.47 Å². The summed E-state index contributed by atoms with van der Waals surface area (Å²) in [5, 5.41) is 9.28. The summed E-state index contributed by atoms with van der Waals surface area (Å²) >= 11 is 0. The standard InChI is InChI=1S/C18H15NO3/c1-21-15-9-7-13(8-10-15)11-14(12-19)18(20)16-5-3-4-6-17(16)22-2/h3-11H,1-2H3/b14-11-. The van der Waals surface area contributed by atoms with E-state index in [1.54, 1.807) is 61.7 Å². The van der Waals surface area contributed by atoms with Crippen LogP contribution in [-0.4, -0.2) is 20.0 Å². The van der Waals surface area contributed by atoms with Gasteiger partial charge in [-0.15, -0.1) is 0 Å². The minimum atomic E-state index is -0.365. The van der Waals surface area contributed by atoms with Gasteiger partial charge in [0.1, 0.15) is 23.1 Å². The summed E-state index contributed by atoms with van der Waals surface area (Å²) in [4.78, 5) is 12.5. The Morgan fingerprint density at radius 1 is 1.05 bits per heavy atom. The zero-order chi connectivity index (χ0) is 15.9. The molecule has 0 unspecified atom stereocenters. The fourth-order valence-corrected chi connectivity index (χ4v) is 1.99. The van der Waals surface area contributed by atoms with E-state index in [4.69, 9.17) is 9.47 Å². The van der Waals surface area contributed by atoms with Gasteiger partial charge in [-0.3, -0.25) is 4.79 Å². The van der Waals surface area contributed by atoms with Gasteiger partial charge in [0.15, 0.2) is 0 Å². The van der Waals surface area contributed by atoms with Crippen LogP contribution in [0.1, 0.15) is 15.9 Å². The van der Waals surface area contributed by atoms with Crippen molar-refractivity contribution < 1.29 is 14.3 Å². The number of hydrogen-bond donors (Lipinski definition) is 0. The van der Waals surface area contributed by atoms with Crippen LogP contribution in [0.2, 0.25) is 0 Å². The molecule has 0 atom stereocenters. The first-order valence-electron chi connectivity index (χ1n) is 6.63. The molecule has 2 aromatic rings. The first-order valence-corrected chi connectivity index (χ1v) is 6.63. The number of nitrogens with zero attached hydrogens (tertiary/aromatic N) is 1. The number of methoxy groups -OCH3 is 2. The molecule has 0 aliphatic carbocycles. The first-order chi connectivity index (χ1) is 10.7. The fourth-order valence-electron chi connectivity index (χ4n) is 1.99. The third kappa shape index (κ3) is 3.33. The molecule has 22 heavy (non-hydrogen) atoms. The summed E-state index contributed by atoms with van der Waals surface area (Å²) in [7, 11) is 3.07. The van der Waals surface area contributed by atoms with Crippen LogP contribution in [0.3, 0.4) is 0 Å². The molecule has 0 aliphatic rings. The average Bonchev–Trinajstić information content (AvgIpc) is 2.59. The lowest BCUT2D eigenvalue weighted by molar-refractivity contribution is 0.103. The Kier molecular flexibility index (Phi) is 4.94. The second-order valence-electron chi connectivity index (χ2n) is 4.47. The van der Waals surface area contributed by atoms with Gasteiger partial charge in [0, 0.05) is 0 Å². The smallest absolute Gasteiger partial charge is 0.207 e. The van der Waals surface area contributed by atoms with Crippen molar-refractivity contribution in [1.82, 2.24) is 0 Å². The molecule has 110 valence electrons. The zero-order valence-electron chi connectivity index (χ0n) is 12.4. The zero-order valence-corrected chi connectivity index (χ0v) is 12.4. The molecule has 2 aromatic carbocycles. The highest BCUT2D eigenvalue weighted by molar-refractivity contribution is 6.15. The molecule has 0 saturated heterocycles. The van der Waals surface area contributed by atoms with Crippen LogP contribution in [0.4, 0.5) is 0 Å². The van der Waals surface area contributed by atoms with E-state index >= 15 is 0 Å². The van der Waals surface area contributed by atoms with Crippen LogP contribution in [0.25, 0.3) is 6.08 Å². The maximum atomic E-state index is 12.5. The van der Waals surface area contributed by atoms with Gasteiger partial charge in [0.2, 0.25) is 5.78 Å². The predicted octanol–water partition coefficient (Wildman–Crippen LogP) is 3.49. The lowest BCUT2D eigenvalue weighted by atomic mass is 10.0. The van der Waals surface area contributed by atoms with Gasteiger partial charge in [-0.1, -0.05) is 24.3 Å². The van der Waals surface area contributed by atoms with Crippen molar-refractivity contribution in [2.24, 2.45) is 0 Å². The molecule has 0 fully saturated rings. The van der Waals surface area contributed by atoms with E-state index in [0.29, 0.717) is 17.1 Å². The quantitative estimate of drug-likeness (QED) is 0.481. The number of hydrogen-bond acceptors (Lipinski definition) is 4. The van der Waals surface area contributed by atoms with Crippen LogP contribution in [-0.2, 0) is 0 Å². The van der Waals surface area contributed by atoms with Crippen molar-refractivity contribution >= 4 is 11.9 Å². The lowest BCUT2D eigenvalue weighted by Crippen LogP contribution is -2.04. The second kappa shape index (κ2) is 7.09. The number of rotatable bonds is 5. The number of ether oxygens (including phenoxy) is 2. The van der Waals surface area contributed by atoms with E-state index in [-0.39, 0.29) is 11.4 Å². The monoisotopic (exact) mass is 293 g/mol. The summed E-state index contributed by atoms with van der Waals surface area (Å²) in [5.41, 5.74) is 1.17. The Hall–Kier alpha value is -3.06. The minimum Gasteiger partial charge on any atom is -0.497 e. The van der Waals surface area contributed by atoms with Crippen molar-refractivity contribution in [2.75, 3.05) is 14.2 Å². The van der Waals surface area contributed by atoms with Crippen molar-refractivity contribution in [2.45, 2.75) is 0 Å². The second-order valence-corrected chi connectivity index (χ2v) is 4.47. The highest BCUT2D eigenvalue weighted by Gasteiger charge is 2.16. The van der Waals surface area contributed by atoms with Crippen molar-refractivity contribution in [3.8, 4) is 17.6 Å². The molecule has 0 spiro atoms. The lowest BCUT2D eigenvalue weighted by Gasteiger charge is -2.06. The van der Waals surface area contributed by atoms with Gasteiger partial charge in [-0.25, -0.2) is 0 Å². The molecular weight excluding hydrogens is 278 g/mol. The van der Waals surface area contributed by atoms with Crippen molar-refractivity contribution in [3.05, 3.63) is 65.2 Å². The van der Waals surface area contributed by atoms with Crippen LogP contribution in [0.15, 0.2) is 54.1 Å². The summed E-state index contributed by atoms with van der Waals surface area (Å²) in [6, 6.07) is 15.9. The topological polar surface area (TPSA) is 59.3 Å². The molecule has 0 radical (unpaired) electrons. The summed E-state index contributed by atoms with van der Waals surface area (Å²) in [6.45, 7) is 0. The van der Waals surface area contributed by atoms with Gasteiger partial charge in [0.05, 0.1) is 19.8 Å². The Morgan fingerprint density at radius 2 is 1.73 bits per heavy atom. The average molecular weight is 293 g/mol. The number of ketones is 1. The molecule has 0 heterocycles. The molecule has 4 heteroatoms. The maximum absolute atomic E-state index is 12.5. The SMILES string of the molecule is COc1ccc(/C=C(/C#N)C(=O)c2ccccc2OC)cc1. The maximum Gasteiger partial charge on any atom is 0.207 e. The molecule has 2 rings (SSSR count). The van der Waals surface area contributed by atoms with E-state index in [9.17, 15) is 10.1 Å². The van der Waals surface area contributed by atoms with E-state index in [1.807, 2.05) is 6.07 Å². The third-order valence-electron chi connectivity index (χ3n) is 3.14. The van der Waals surface area contributed by atoms with E-state index < -0.39 is 0 Å². The largest absolute Gasteiger partial charge is 0.497 e. The highest BCUT2D eigenvalue weighted by Crippen LogP contribution is 2.22. The molecule has 0 N–H and O–H groups in total. The first kappa shape index (κ1) is 15.3. The van der Waals surface area contributed by atoms with Gasteiger partial charge in [0.25, 0.3) is 0 Å². The van der Waals surface area contributed by atoms with Gasteiger partial charge in [-0.05, 0) is 35.9 Å². The number of carbonyl (C=O) groups excluding carboxylic acids is 1. The molecular formula is C18H15NO3. The molecule has 0 aliphatic heterocycles. The molecule has 0 aromatic heterocycles. The Labute approximate surface area is 129 Å². The van der Waals surface area contributed by atoms with E-state index in [2.05, 4.69) is 0 Å². The van der Waals surface area contributed by atoms with Crippen molar-refractivity contribution in [3.63, 3.8) is 0 Å². The fraction of sp³-hybridized carbons (Fsp3) is 0.111. The van der Waals surface area contributed by atoms with Gasteiger partial charge in [-0.2, -0.15) is 5.26 Å². The summed E-state index contributed by atoms with van der Waals surface area (Å²) in [6.07, 6.45) is 1.55. The predicted molar refractivity (Wildman–Crippen MR) is 83.9 cm³/mol. The third-order valence-corrected chi connectivity index (χ3v) is 3.14. The normalized spacial score (nSPS) is 10.7. The van der Waals surface area contributed by atoms with Crippen LogP contribution >= 0.6 is 0 Å². The van der Waals surface area contributed by atoms with E-state index in [1.165, 1.54) is 7.11 Å². The Bertz CT molecular complexity index is 740. The van der Waals surface area contributed by atoms with E-state index in [0.717, 1.165) is 5.56 Å². The van der Waals surface area contributed by atoms with Crippen LogP contribution in [0.5, 0.6) is 11.5 Å². The number of allylic oxidation sites excluding steroid dienone is 1.